The van der Waals surface area contributed by atoms with Crippen LogP contribution in [0.25, 0.3) is 10.8 Å². The Balaban J connectivity index is 2.11. The van der Waals surface area contributed by atoms with Crippen LogP contribution in [0.15, 0.2) is 97.1 Å². The molecule has 0 heterocycles. The second-order valence-electron chi connectivity index (χ2n) is 6.00. The first-order valence-corrected chi connectivity index (χ1v) is 9.91. The van der Waals surface area contributed by atoms with Crippen molar-refractivity contribution in [2.75, 3.05) is 0 Å². The summed E-state index contributed by atoms with van der Waals surface area (Å²) in [5.74, 6) is 0. The second-order valence-corrected chi connectivity index (χ2v) is 8.73. The highest BCUT2D eigenvalue weighted by Gasteiger charge is 2.31. The molecule has 0 spiro atoms. The van der Waals surface area contributed by atoms with E-state index in [1.54, 1.807) is 0 Å². The summed E-state index contributed by atoms with van der Waals surface area (Å²) in [6, 6.07) is 31.1. The average Bonchev–Trinajstić information content (AvgIpc) is 2.69. The minimum absolute atomic E-state index is 0.701. The quantitative estimate of drug-likeness (QED) is 0.414. The molecule has 1 nitrogen and oxygen atoms in total. The van der Waals surface area contributed by atoms with Crippen LogP contribution >= 0.6 is 7.14 Å². The largest absolute Gasteiger partial charge is 0.309 e. The fourth-order valence-electron chi connectivity index (χ4n) is 3.28. The zero-order chi connectivity index (χ0) is 17.3. The third-order valence-electron chi connectivity index (χ3n) is 4.51. The van der Waals surface area contributed by atoms with Crippen molar-refractivity contribution >= 4 is 47.1 Å². The SMILES string of the molecule is [B]c1ccc(P(=O)(c2ccccc2)c2ccccc2)c2ccccc12. The van der Waals surface area contributed by atoms with Crippen LogP contribution in [0.3, 0.4) is 0 Å². The minimum atomic E-state index is -3.00. The van der Waals surface area contributed by atoms with Gasteiger partial charge in [-0.3, -0.25) is 0 Å². The van der Waals surface area contributed by atoms with Crippen molar-refractivity contribution in [3.63, 3.8) is 0 Å². The summed E-state index contributed by atoms with van der Waals surface area (Å²) in [6.07, 6.45) is 0. The molecule has 0 N–H and O–H groups in total. The van der Waals surface area contributed by atoms with Gasteiger partial charge in [0.15, 0.2) is 7.14 Å². The summed E-state index contributed by atoms with van der Waals surface area (Å²) < 4.78 is 14.5. The lowest BCUT2D eigenvalue weighted by Gasteiger charge is -2.22. The van der Waals surface area contributed by atoms with E-state index in [4.69, 9.17) is 7.85 Å². The Kier molecular flexibility index (Phi) is 4.07. The summed E-state index contributed by atoms with van der Waals surface area (Å²) in [5.41, 5.74) is 0.701. The first-order valence-electron chi connectivity index (χ1n) is 8.20. The van der Waals surface area contributed by atoms with Gasteiger partial charge in [0.05, 0.1) is 0 Å². The Morgan fingerprint density at radius 2 is 1.04 bits per heavy atom. The molecule has 0 aromatic heterocycles. The Labute approximate surface area is 149 Å². The van der Waals surface area contributed by atoms with Gasteiger partial charge in [0.2, 0.25) is 0 Å². The molecule has 0 aliphatic rings. The van der Waals surface area contributed by atoms with Gasteiger partial charge in [-0.2, -0.15) is 0 Å². The maximum Gasteiger partial charge on any atom is 0.171 e. The molecule has 0 saturated heterocycles. The van der Waals surface area contributed by atoms with Crippen molar-refractivity contribution in [1.82, 2.24) is 0 Å². The first-order chi connectivity index (χ1) is 12.2. The Morgan fingerprint density at radius 1 is 0.560 bits per heavy atom. The van der Waals surface area contributed by atoms with Crippen molar-refractivity contribution in [3.8, 4) is 0 Å². The number of rotatable bonds is 3. The third-order valence-corrected chi connectivity index (χ3v) is 7.63. The molecule has 25 heavy (non-hydrogen) atoms. The topological polar surface area (TPSA) is 17.1 Å². The molecule has 0 aliphatic carbocycles. The lowest BCUT2D eigenvalue weighted by molar-refractivity contribution is 0.592. The van der Waals surface area contributed by atoms with Gasteiger partial charge < -0.3 is 4.57 Å². The van der Waals surface area contributed by atoms with Crippen LogP contribution < -0.4 is 21.4 Å². The highest BCUT2D eigenvalue weighted by molar-refractivity contribution is 7.85. The highest BCUT2D eigenvalue weighted by atomic mass is 31.2. The molecule has 0 unspecified atom stereocenters. The fourth-order valence-corrected chi connectivity index (χ4v) is 6.14. The molecule has 0 bridgehead atoms. The van der Waals surface area contributed by atoms with E-state index in [-0.39, 0.29) is 0 Å². The minimum Gasteiger partial charge on any atom is -0.309 e. The summed E-state index contributed by atoms with van der Waals surface area (Å²) in [6.45, 7) is 0. The summed E-state index contributed by atoms with van der Waals surface area (Å²) in [7, 11) is 3.16. The van der Waals surface area contributed by atoms with Gasteiger partial charge in [-0.15, -0.1) is 0 Å². The zero-order valence-corrected chi connectivity index (χ0v) is 14.6. The summed E-state index contributed by atoms with van der Waals surface area (Å²) >= 11 is 0. The normalized spacial score (nSPS) is 11.5. The maximum absolute atomic E-state index is 14.5. The van der Waals surface area contributed by atoms with Gasteiger partial charge >= 0.3 is 0 Å². The average molecular weight is 338 g/mol. The monoisotopic (exact) mass is 338 g/mol. The molecule has 0 amide bonds. The van der Waals surface area contributed by atoms with E-state index in [1.807, 2.05) is 97.1 Å². The van der Waals surface area contributed by atoms with Crippen LogP contribution in [0.5, 0.6) is 0 Å². The van der Waals surface area contributed by atoms with Crippen LogP contribution in [0.2, 0.25) is 0 Å². The van der Waals surface area contributed by atoms with Gasteiger partial charge in [-0.05, 0) is 10.8 Å². The molecule has 4 aromatic carbocycles. The van der Waals surface area contributed by atoms with E-state index in [9.17, 15) is 4.57 Å². The zero-order valence-electron chi connectivity index (χ0n) is 13.7. The molecule has 4 aromatic rings. The van der Waals surface area contributed by atoms with Gasteiger partial charge in [0.1, 0.15) is 7.85 Å². The van der Waals surface area contributed by atoms with E-state index in [2.05, 4.69) is 0 Å². The highest BCUT2D eigenvalue weighted by Crippen LogP contribution is 2.43. The van der Waals surface area contributed by atoms with E-state index in [0.29, 0.717) is 5.46 Å². The number of fused-ring (bicyclic) bond motifs is 1. The number of hydrogen-bond acceptors (Lipinski definition) is 1. The Bertz CT molecular complexity index is 1030. The van der Waals surface area contributed by atoms with Gasteiger partial charge in [0, 0.05) is 15.9 Å². The second kappa shape index (κ2) is 6.39. The summed E-state index contributed by atoms with van der Waals surface area (Å²) in [5, 5.41) is 4.37. The van der Waals surface area contributed by atoms with E-state index < -0.39 is 7.14 Å². The third kappa shape index (κ3) is 2.63. The number of hydrogen-bond donors (Lipinski definition) is 0. The molecule has 2 radical (unpaired) electrons. The fraction of sp³-hybridized carbons (Fsp3) is 0. The van der Waals surface area contributed by atoms with Crippen LogP contribution in [0, 0.1) is 0 Å². The predicted octanol–water partition coefficient (Wildman–Crippen LogP) is 3.27. The Morgan fingerprint density at radius 3 is 1.60 bits per heavy atom. The van der Waals surface area contributed by atoms with Gasteiger partial charge in [-0.25, -0.2) is 0 Å². The molecule has 0 atom stereocenters. The van der Waals surface area contributed by atoms with Crippen molar-refractivity contribution in [3.05, 3.63) is 97.1 Å². The van der Waals surface area contributed by atoms with Crippen LogP contribution in [-0.4, -0.2) is 7.85 Å². The standard InChI is InChI=1S/C22H16BOP/c23-21-15-16-22(20-14-8-7-13-19(20)21)25(24,17-9-3-1-4-10-17)18-11-5-2-6-12-18/h1-16H. The van der Waals surface area contributed by atoms with E-state index in [1.165, 1.54) is 0 Å². The molecular weight excluding hydrogens is 322 g/mol. The summed E-state index contributed by atoms with van der Waals surface area (Å²) in [4.78, 5) is 0. The Hall–Kier alpha value is -2.57. The van der Waals surface area contributed by atoms with E-state index in [0.717, 1.165) is 26.7 Å². The molecule has 0 saturated carbocycles. The van der Waals surface area contributed by atoms with Crippen LogP contribution in [0.1, 0.15) is 0 Å². The van der Waals surface area contributed by atoms with Gasteiger partial charge in [-0.1, -0.05) is 103 Å². The van der Waals surface area contributed by atoms with Crippen molar-refractivity contribution < 1.29 is 4.57 Å². The van der Waals surface area contributed by atoms with Crippen LogP contribution in [-0.2, 0) is 4.57 Å². The van der Waals surface area contributed by atoms with Crippen molar-refractivity contribution in [1.29, 1.82) is 0 Å². The lowest BCUT2D eigenvalue weighted by Crippen LogP contribution is -2.26. The van der Waals surface area contributed by atoms with E-state index >= 15 is 0 Å². The molecule has 4 rings (SSSR count). The molecule has 0 aliphatic heterocycles. The van der Waals surface area contributed by atoms with Crippen molar-refractivity contribution in [2.45, 2.75) is 0 Å². The van der Waals surface area contributed by atoms with Crippen LogP contribution in [0.4, 0.5) is 0 Å². The first kappa shape index (κ1) is 15.9. The van der Waals surface area contributed by atoms with Crippen molar-refractivity contribution in [2.24, 2.45) is 0 Å². The number of benzene rings is 4. The molecular formula is C22H16BOP. The lowest BCUT2D eigenvalue weighted by atomic mass is 9.90. The van der Waals surface area contributed by atoms with Gasteiger partial charge in [0.25, 0.3) is 0 Å². The predicted molar refractivity (Wildman–Crippen MR) is 109 cm³/mol. The maximum atomic E-state index is 14.5. The molecule has 3 heteroatoms. The molecule has 118 valence electrons. The smallest absolute Gasteiger partial charge is 0.171 e. The molecule has 0 fully saturated rings.